The zero-order valence-electron chi connectivity index (χ0n) is 32.1. The maximum atomic E-state index is 16.4. The third kappa shape index (κ3) is 4.67. The van der Waals surface area contributed by atoms with Crippen molar-refractivity contribution in [2.45, 2.75) is 0 Å². The van der Waals surface area contributed by atoms with Gasteiger partial charge in [-0.2, -0.15) is 0 Å². The Hall–Kier alpha value is -7.59. The first-order valence-corrected chi connectivity index (χ1v) is 21.9. The monoisotopic (exact) mass is 788 g/mol. The Bertz CT molecular complexity index is 3330. The number of benzene rings is 9. The second-order valence-electron chi connectivity index (χ2n) is 15.6. The number of hydrogen-bond donors (Lipinski definition) is 0. The van der Waals surface area contributed by atoms with E-state index in [-0.39, 0.29) is 0 Å². The van der Waals surface area contributed by atoms with Crippen molar-refractivity contribution < 1.29 is 14.0 Å². The van der Waals surface area contributed by atoms with Gasteiger partial charge in [-0.05, 0) is 107 Å². The Morgan fingerprint density at radius 1 is 0.333 bits per heavy atom. The molecule has 0 saturated heterocycles. The molecule has 60 heavy (non-hydrogen) atoms. The first-order valence-electron chi connectivity index (χ1n) is 20.2. The number of hydrogen-bond acceptors (Lipinski definition) is 3. The Morgan fingerprint density at radius 3 is 1.12 bits per heavy atom. The van der Waals surface area contributed by atoms with Gasteiger partial charge in [0.25, 0.3) is 0 Å². The molecule has 0 bridgehead atoms. The Morgan fingerprint density at radius 2 is 0.700 bits per heavy atom. The van der Waals surface area contributed by atoms with E-state index in [0.717, 1.165) is 55.7 Å². The highest BCUT2D eigenvalue weighted by atomic mass is 31.2. The lowest BCUT2D eigenvalue weighted by molar-refractivity contribution is 0.462. The van der Waals surface area contributed by atoms with Gasteiger partial charge in [0.05, 0.1) is 32.7 Å². The molecule has 0 aliphatic carbocycles. The van der Waals surface area contributed by atoms with Gasteiger partial charge in [0.15, 0.2) is 7.14 Å². The van der Waals surface area contributed by atoms with Gasteiger partial charge in [0.2, 0.25) is 0 Å². The van der Waals surface area contributed by atoms with Crippen LogP contribution in [0.3, 0.4) is 0 Å². The first-order chi connectivity index (χ1) is 29.6. The van der Waals surface area contributed by atoms with Crippen LogP contribution in [0.25, 0.3) is 77.2 Å². The molecule has 0 fully saturated rings. The zero-order valence-corrected chi connectivity index (χ0v) is 33.0. The van der Waals surface area contributed by atoms with Crippen molar-refractivity contribution in [1.82, 2.24) is 9.13 Å². The van der Waals surface area contributed by atoms with Crippen LogP contribution in [-0.2, 0) is 4.57 Å². The molecule has 9 aromatic carbocycles. The lowest BCUT2D eigenvalue weighted by Gasteiger charge is -2.35. The molecule has 2 aromatic heterocycles. The molecular weight excluding hydrogens is 756 g/mol. The molecule has 11 aromatic rings. The van der Waals surface area contributed by atoms with E-state index in [4.69, 9.17) is 9.47 Å². The molecule has 282 valence electrons. The third-order valence-corrected chi connectivity index (χ3v) is 15.5. The van der Waals surface area contributed by atoms with Gasteiger partial charge >= 0.3 is 0 Å². The highest BCUT2D eigenvalue weighted by Crippen LogP contribution is 2.59. The van der Waals surface area contributed by atoms with E-state index in [1.54, 1.807) is 0 Å². The largest absolute Gasteiger partial charge is 0.456 e. The van der Waals surface area contributed by atoms with Crippen molar-refractivity contribution in [2.75, 3.05) is 0 Å². The summed E-state index contributed by atoms with van der Waals surface area (Å²) in [5, 5.41) is 6.81. The Labute approximate surface area is 345 Å². The van der Waals surface area contributed by atoms with Gasteiger partial charge in [-0.3, -0.25) is 0 Å². The number of para-hydroxylation sites is 4. The SMILES string of the molecule is O=P12c3cc(-c4cccc(-n5c6ccccc6c6ccccc65)c4)ccc3Oc3cccc(c31)Oc1ccc(-c3cccc(-n4c5ccccc5c5ccccc54)c3)cc12. The fraction of sp³-hybridized carbons (Fsp3) is 0. The third-order valence-electron chi connectivity index (χ3n) is 12.3. The van der Waals surface area contributed by atoms with Crippen molar-refractivity contribution in [2.24, 2.45) is 0 Å². The van der Waals surface area contributed by atoms with E-state index in [1.165, 1.54) is 21.5 Å². The summed E-state index contributed by atoms with van der Waals surface area (Å²) in [5.74, 6) is 2.32. The van der Waals surface area contributed by atoms with Crippen LogP contribution in [0.2, 0.25) is 0 Å². The van der Waals surface area contributed by atoms with Gasteiger partial charge in [-0.25, -0.2) is 0 Å². The summed E-state index contributed by atoms with van der Waals surface area (Å²) in [7, 11) is -3.52. The number of rotatable bonds is 4. The van der Waals surface area contributed by atoms with E-state index < -0.39 is 7.14 Å². The molecule has 5 nitrogen and oxygen atoms in total. The molecule has 2 aliphatic heterocycles. The normalized spacial score (nSPS) is 13.5. The molecule has 0 unspecified atom stereocenters. The average Bonchev–Trinajstić information content (AvgIpc) is 3.82. The average molecular weight is 789 g/mol. The van der Waals surface area contributed by atoms with Gasteiger partial charge in [0.1, 0.15) is 28.3 Å². The van der Waals surface area contributed by atoms with Gasteiger partial charge in [0, 0.05) is 32.9 Å². The summed E-state index contributed by atoms with van der Waals surface area (Å²) < 4.78 is 34.2. The van der Waals surface area contributed by atoms with E-state index >= 15 is 4.57 Å². The van der Waals surface area contributed by atoms with Crippen LogP contribution in [0.5, 0.6) is 23.0 Å². The van der Waals surface area contributed by atoms with E-state index in [1.807, 2.05) is 30.3 Å². The maximum Gasteiger partial charge on any atom is 0.185 e. The summed E-state index contributed by atoms with van der Waals surface area (Å²) in [6, 6.07) is 69.3. The molecule has 0 radical (unpaired) electrons. The number of nitrogens with zero attached hydrogens (tertiary/aromatic N) is 2. The molecule has 0 N–H and O–H groups in total. The van der Waals surface area contributed by atoms with Crippen molar-refractivity contribution >= 4 is 66.7 Å². The summed E-state index contributed by atoms with van der Waals surface area (Å²) in [6.45, 7) is 0. The second-order valence-corrected chi connectivity index (χ2v) is 18.3. The maximum absolute atomic E-state index is 16.4. The highest BCUT2D eigenvalue weighted by molar-refractivity contribution is 7.86. The van der Waals surface area contributed by atoms with E-state index in [2.05, 4.69) is 179 Å². The van der Waals surface area contributed by atoms with Crippen molar-refractivity contribution in [3.63, 3.8) is 0 Å². The van der Waals surface area contributed by atoms with Gasteiger partial charge < -0.3 is 23.2 Å². The lowest BCUT2D eigenvalue weighted by atomic mass is 10.0. The summed E-state index contributed by atoms with van der Waals surface area (Å²) in [6.07, 6.45) is 0. The highest BCUT2D eigenvalue weighted by Gasteiger charge is 2.46. The molecule has 0 amide bonds. The van der Waals surface area contributed by atoms with Crippen molar-refractivity contribution in [1.29, 1.82) is 0 Å². The summed E-state index contributed by atoms with van der Waals surface area (Å²) in [5.41, 5.74) is 10.7. The van der Waals surface area contributed by atoms with Crippen LogP contribution in [-0.4, -0.2) is 9.13 Å². The molecule has 0 spiro atoms. The molecular formula is C54H33N2O3P. The van der Waals surface area contributed by atoms with Crippen LogP contribution < -0.4 is 25.4 Å². The van der Waals surface area contributed by atoms with Crippen LogP contribution in [0.15, 0.2) is 200 Å². The standard InChI is InChI=1S/C54H33N2O3P/c57-60-52-32-36(34-12-9-14-38(30-34)55-44-20-5-1-16-40(44)41-17-2-6-21-45(41)55)26-28-48(52)58-50-24-11-25-51(54(50)60)59-49-29-27-37(33-53(49)60)35-13-10-15-39(31-35)56-46-22-7-3-18-42(46)43-19-4-8-23-47(43)56/h1-33H. The molecule has 4 heterocycles. The predicted octanol–water partition coefficient (Wildman–Crippen LogP) is 13.1. The minimum atomic E-state index is -3.52. The topological polar surface area (TPSA) is 45.4 Å². The van der Waals surface area contributed by atoms with Crippen LogP contribution in [0.1, 0.15) is 0 Å². The van der Waals surface area contributed by atoms with Crippen LogP contribution in [0.4, 0.5) is 0 Å². The Kier molecular flexibility index (Phi) is 6.93. The van der Waals surface area contributed by atoms with Crippen LogP contribution in [0, 0.1) is 0 Å². The Balaban J connectivity index is 0.962. The molecule has 6 heteroatoms. The molecule has 0 atom stereocenters. The van der Waals surface area contributed by atoms with Crippen LogP contribution >= 0.6 is 7.14 Å². The van der Waals surface area contributed by atoms with Gasteiger partial charge in [-0.15, -0.1) is 0 Å². The fourth-order valence-corrected chi connectivity index (χ4v) is 12.8. The minimum absolute atomic E-state index is 0.564. The second kappa shape index (κ2) is 12.5. The molecule has 13 rings (SSSR count). The van der Waals surface area contributed by atoms with E-state index in [9.17, 15) is 0 Å². The minimum Gasteiger partial charge on any atom is -0.456 e. The number of aromatic nitrogens is 2. The van der Waals surface area contributed by atoms with E-state index in [0.29, 0.717) is 38.9 Å². The first kappa shape index (κ1) is 33.4. The van der Waals surface area contributed by atoms with Crippen molar-refractivity contribution in [3.05, 3.63) is 200 Å². The fourth-order valence-electron chi connectivity index (χ4n) is 9.69. The smallest absolute Gasteiger partial charge is 0.185 e. The number of ether oxygens (including phenoxy) is 2. The summed E-state index contributed by atoms with van der Waals surface area (Å²) >= 11 is 0. The zero-order chi connectivity index (χ0) is 39.5. The van der Waals surface area contributed by atoms with Crippen molar-refractivity contribution in [3.8, 4) is 56.6 Å². The number of fused-ring (bicyclic) bond motifs is 10. The molecule has 0 saturated carbocycles. The lowest BCUT2D eigenvalue weighted by Crippen LogP contribution is -2.35. The van der Waals surface area contributed by atoms with Gasteiger partial charge in [-0.1, -0.05) is 115 Å². The molecule has 2 aliphatic rings. The summed E-state index contributed by atoms with van der Waals surface area (Å²) in [4.78, 5) is 0. The quantitative estimate of drug-likeness (QED) is 0.167. The predicted molar refractivity (Wildman–Crippen MR) is 246 cm³/mol.